The number of rotatable bonds is 10. The van der Waals surface area contributed by atoms with Crippen LogP contribution in [-0.4, -0.2) is 81.7 Å². The van der Waals surface area contributed by atoms with E-state index in [0.29, 0.717) is 38.2 Å². The molecular weight excluding hydrogens is 546 g/mol. The van der Waals surface area contributed by atoms with E-state index >= 15 is 0 Å². The summed E-state index contributed by atoms with van der Waals surface area (Å²) in [6.45, 7) is 4.13. The van der Waals surface area contributed by atoms with Gasteiger partial charge in [0.25, 0.3) is 0 Å². The van der Waals surface area contributed by atoms with Crippen LogP contribution in [-0.2, 0) is 41.2 Å². The van der Waals surface area contributed by atoms with Crippen LogP contribution in [0.25, 0.3) is 0 Å². The number of amides is 3. The number of anilines is 1. The predicted octanol–water partition coefficient (Wildman–Crippen LogP) is 0.882. The van der Waals surface area contributed by atoms with Gasteiger partial charge in [0.15, 0.2) is 0 Å². The molecule has 1 saturated heterocycles. The number of hydrogen-bond acceptors (Lipinski definition) is 7. The van der Waals surface area contributed by atoms with Crippen LogP contribution in [0, 0.1) is 0 Å². The van der Waals surface area contributed by atoms with E-state index in [1.807, 2.05) is 54.6 Å². The number of nitrogens with zero attached hydrogens (tertiary/aromatic N) is 2. The molecule has 0 aliphatic carbocycles. The highest BCUT2D eigenvalue weighted by Crippen LogP contribution is 2.47. The molecule has 2 heterocycles. The minimum Gasteiger partial charge on any atom is -0.374 e. The van der Waals surface area contributed by atoms with Crippen LogP contribution in [0.2, 0.25) is 0 Å². The maximum absolute atomic E-state index is 13.8. The Kier molecular flexibility index (Phi) is 9.05. The fourth-order valence-corrected chi connectivity index (χ4v) is 6.52. The zero-order valence-electron chi connectivity index (χ0n) is 23.8. The number of likely N-dealkylation sites (tertiary alicyclic amines) is 1. The number of hydrogen-bond donors (Lipinski definition) is 3. The molecule has 1 atom stereocenters. The van der Waals surface area contributed by atoms with Crippen LogP contribution < -0.4 is 20.7 Å². The molecule has 222 valence electrons. The Morgan fingerprint density at radius 2 is 1.68 bits per heavy atom. The molecule has 4 rings (SSSR count). The number of sulfonamides is 1. The number of nitrogens with two attached hydrogens (primary N) is 1. The molecule has 4 N–H and O–H groups in total. The number of piperidine rings is 1. The number of carbonyl (C=O) groups is 3. The molecule has 41 heavy (non-hydrogen) atoms. The summed E-state index contributed by atoms with van der Waals surface area (Å²) in [5.41, 5.74) is 6.30. The summed E-state index contributed by atoms with van der Waals surface area (Å²) < 4.78 is 32.4. The van der Waals surface area contributed by atoms with Gasteiger partial charge in [-0.3, -0.25) is 18.7 Å². The second kappa shape index (κ2) is 12.2. The molecule has 1 fully saturated rings. The zero-order valence-corrected chi connectivity index (χ0v) is 24.6. The molecule has 3 amide bonds. The lowest BCUT2D eigenvalue weighted by atomic mass is 9.74. The van der Waals surface area contributed by atoms with Crippen molar-refractivity contribution in [2.24, 2.45) is 5.73 Å². The summed E-state index contributed by atoms with van der Waals surface area (Å²) in [6.07, 6.45) is 2.36. The van der Waals surface area contributed by atoms with Crippen LogP contribution in [0.15, 0.2) is 54.6 Å². The molecule has 0 radical (unpaired) electrons. The van der Waals surface area contributed by atoms with E-state index in [2.05, 4.69) is 10.6 Å². The van der Waals surface area contributed by atoms with Crippen LogP contribution in [0.4, 0.5) is 5.69 Å². The Balaban J connectivity index is 1.48. The highest BCUT2D eigenvalue weighted by molar-refractivity contribution is 7.92. The van der Waals surface area contributed by atoms with Gasteiger partial charge in [0.1, 0.15) is 11.6 Å². The summed E-state index contributed by atoms with van der Waals surface area (Å²) in [7, 11) is -3.46. The quantitative estimate of drug-likeness (QED) is 0.375. The van der Waals surface area contributed by atoms with Crippen LogP contribution in [0.3, 0.4) is 0 Å². The normalized spacial score (nSPS) is 17.2. The Hall–Kier alpha value is -3.48. The van der Waals surface area contributed by atoms with Crippen molar-refractivity contribution in [2.75, 3.05) is 43.3 Å². The van der Waals surface area contributed by atoms with Gasteiger partial charge in [0.2, 0.25) is 27.7 Å². The molecule has 0 bridgehead atoms. The average molecular weight is 586 g/mol. The molecule has 12 heteroatoms. The van der Waals surface area contributed by atoms with E-state index in [1.54, 1.807) is 4.90 Å². The van der Waals surface area contributed by atoms with Gasteiger partial charge in [-0.25, -0.2) is 8.42 Å². The van der Waals surface area contributed by atoms with Crippen molar-refractivity contribution >= 4 is 33.4 Å². The third kappa shape index (κ3) is 6.88. The maximum Gasteiger partial charge on any atom is 0.247 e. The Bertz CT molecular complexity index is 1370. The van der Waals surface area contributed by atoms with Gasteiger partial charge in [-0.15, -0.1) is 0 Å². The van der Waals surface area contributed by atoms with Gasteiger partial charge in [-0.05, 0) is 43.9 Å². The van der Waals surface area contributed by atoms with E-state index in [0.717, 1.165) is 11.1 Å². The SMILES string of the molecule is CC(C)(NC(=O)CN)C(=O)N[C@H](COCc1ccccc1)C(=O)N1CCC2(CC1)CN(S(C)(=O)=O)c1ccccc12. The molecule has 1 spiro atoms. The minimum absolute atomic E-state index is 0.0628. The fraction of sp³-hybridized carbons (Fsp3) is 0.483. The number of para-hydroxylation sites is 1. The van der Waals surface area contributed by atoms with Gasteiger partial charge in [0, 0.05) is 25.0 Å². The number of ether oxygens (including phenoxy) is 1. The van der Waals surface area contributed by atoms with Crippen molar-refractivity contribution in [2.45, 2.75) is 50.3 Å². The highest BCUT2D eigenvalue weighted by atomic mass is 32.2. The first-order valence-corrected chi connectivity index (χ1v) is 15.5. The van der Waals surface area contributed by atoms with Crippen molar-refractivity contribution in [3.8, 4) is 0 Å². The molecule has 0 aromatic heterocycles. The number of nitrogens with one attached hydrogen (secondary N) is 2. The van der Waals surface area contributed by atoms with Crippen LogP contribution >= 0.6 is 0 Å². The van der Waals surface area contributed by atoms with E-state index in [9.17, 15) is 22.8 Å². The first-order chi connectivity index (χ1) is 19.4. The van der Waals surface area contributed by atoms with E-state index < -0.39 is 38.8 Å². The summed E-state index contributed by atoms with van der Waals surface area (Å²) in [6, 6.07) is 16.0. The lowest BCUT2D eigenvalue weighted by Gasteiger charge is -2.41. The van der Waals surface area contributed by atoms with E-state index in [4.69, 9.17) is 10.5 Å². The molecular formula is C29H39N5O6S. The van der Waals surface area contributed by atoms with Gasteiger partial charge in [-0.1, -0.05) is 48.5 Å². The van der Waals surface area contributed by atoms with Crippen molar-refractivity contribution in [1.29, 1.82) is 0 Å². The number of benzene rings is 2. The first kappa shape index (κ1) is 30.5. The second-order valence-corrected chi connectivity index (χ2v) is 13.2. The molecule has 2 aromatic carbocycles. The molecule has 2 aromatic rings. The molecule has 0 unspecified atom stereocenters. The lowest BCUT2D eigenvalue weighted by Crippen LogP contribution is -2.61. The third-order valence-electron chi connectivity index (χ3n) is 7.83. The molecule has 2 aliphatic rings. The number of carbonyl (C=O) groups excluding carboxylic acids is 3. The fourth-order valence-electron chi connectivity index (χ4n) is 5.52. The van der Waals surface area contributed by atoms with Crippen molar-refractivity contribution in [3.63, 3.8) is 0 Å². The zero-order chi connectivity index (χ0) is 29.8. The topological polar surface area (TPSA) is 151 Å². The maximum atomic E-state index is 13.8. The smallest absolute Gasteiger partial charge is 0.247 e. The van der Waals surface area contributed by atoms with Gasteiger partial charge < -0.3 is 26.0 Å². The highest BCUT2D eigenvalue weighted by Gasteiger charge is 2.48. The largest absolute Gasteiger partial charge is 0.374 e. The molecule has 0 saturated carbocycles. The summed E-state index contributed by atoms with van der Waals surface area (Å²) in [5.74, 6) is -1.33. The van der Waals surface area contributed by atoms with Gasteiger partial charge in [-0.2, -0.15) is 0 Å². The number of fused-ring (bicyclic) bond motifs is 2. The third-order valence-corrected chi connectivity index (χ3v) is 8.95. The Labute approximate surface area is 241 Å². The standard InChI is InChI=1S/C29H39N5O6S/c1-28(2,32-25(35)17-30)27(37)31-23(19-40-18-21-9-5-4-6-10-21)26(36)33-15-13-29(14-16-33)20-34(41(3,38)39)24-12-8-7-11-22(24)29/h4-12,23H,13-20,30H2,1-3H3,(H,31,37)(H,32,35)/t23-/m1/s1. The lowest BCUT2D eigenvalue weighted by molar-refractivity contribution is -0.141. The van der Waals surface area contributed by atoms with Gasteiger partial charge >= 0.3 is 0 Å². The van der Waals surface area contributed by atoms with Gasteiger partial charge in [0.05, 0.1) is 31.7 Å². The van der Waals surface area contributed by atoms with E-state index in [-0.39, 0.29) is 25.7 Å². The molecule has 2 aliphatic heterocycles. The summed E-state index contributed by atoms with van der Waals surface area (Å²) in [4.78, 5) is 40.5. The average Bonchev–Trinajstić information content (AvgIpc) is 3.27. The van der Waals surface area contributed by atoms with Crippen molar-refractivity contribution in [3.05, 3.63) is 65.7 Å². The van der Waals surface area contributed by atoms with Crippen molar-refractivity contribution in [1.82, 2.24) is 15.5 Å². The van der Waals surface area contributed by atoms with Crippen LogP contribution in [0.5, 0.6) is 0 Å². The monoisotopic (exact) mass is 585 g/mol. The Morgan fingerprint density at radius 1 is 1.05 bits per heavy atom. The van der Waals surface area contributed by atoms with E-state index in [1.165, 1.54) is 24.4 Å². The molecule has 11 nitrogen and oxygen atoms in total. The second-order valence-electron chi connectivity index (χ2n) is 11.3. The summed E-state index contributed by atoms with van der Waals surface area (Å²) >= 11 is 0. The predicted molar refractivity (Wildman–Crippen MR) is 155 cm³/mol. The Morgan fingerprint density at radius 3 is 2.32 bits per heavy atom. The van der Waals surface area contributed by atoms with Crippen molar-refractivity contribution < 1.29 is 27.5 Å². The first-order valence-electron chi connectivity index (χ1n) is 13.7. The van der Waals surface area contributed by atoms with Crippen LogP contribution in [0.1, 0.15) is 37.8 Å². The summed E-state index contributed by atoms with van der Waals surface area (Å²) in [5, 5.41) is 5.35. The minimum atomic E-state index is -3.46.